The van der Waals surface area contributed by atoms with E-state index in [4.69, 9.17) is 22.4 Å². The van der Waals surface area contributed by atoms with Crippen LogP contribution in [0.5, 0.6) is 0 Å². The lowest BCUT2D eigenvalue weighted by atomic mass is 10.1. The zero-order valence-electron chi connectivity index (χ0n) is 8.33. The number of hydrogen-bond donors (Lipinski definition) is 3. The van der Waals surface area contributed by atoms with Crippen LogP contribution in [-0.2, 0) is 0 Å². The third-order valence-electron chi connectivity index (χ3n) is 1.82. The summed E-state index contributed by atoms with van der Waals surface area (Å²) in [4.78, 5) is 11.6. The summed E-state index contributed by atoms with van der Waals surface area (Å²) in [7, 11) is 0. The summed E-state index contributed by atoms with van der Waals surface area (Å²) >= 11 is 5.74. The van der Waals surface area contributed by atoms with E-state index in [9.17, 15) is 4.79 Å². The lowest BCUT2D eigenvalue weighted by molar-refractivity contribution is 0.0925. The van der Waals surface area contributed by atoms with Gasteiger partial charge in [0.05, 0.1) is 11.7 Å². The van der Waals surface area contributed by atoms with Gasteiger partial charge in [-0.2, -0.15) is 0 Å². The number of nitrogen functional groups attached to an aromatic ring is 1. The van der Waals surface area contributed by atoms with Crippen LogP contribution < -0.4 is 11.1 Å². The van der Waals surface area contributed by atoms with Gasteiger partial charge >= 0.3 is 0 Å². The highest BCUT2D eigenvalue weighted by molar-refractivity contribution is 6.31. The van der Waals surface area contributed by atoms with Crippen molar-refractivity contribution in [3.8, 4) is 0 Å². The van der Waals surface area contributed by atoms with Gasteiger partial charge in [0.25, 0.3) is 5.91 Å². The Kier molecular flexibility index (Phi) is 3.94. The lowest BCUT2D eigenvalue weighted by Gasteiger charge is -2.09. The molecule has 1 aromatic carbocycles. The minimum absolute atomic E-state index is 0.185. The molecule has 0 radical (unpaired) electrons. The van der Waals surface area contributed by atoms with Crippen LogP contribution in [-0.4, -0.2) is 23.7 Å². The summed E-state index contributed by atoms with van der Waals surface area (Å²) in [6, 6.07) is 4.68. The van der Waals surface area contributed by atoms with Crippen molar-refractivity contribution in [3.05, 3.63) is 28.8 Å². The van der Waals surface area contributed by atoms with Gasteiger partial charge in [0.15, 0.2) is 0 Å². The smallest absolute Gasteiger partial charge is 0.253 e. The number of nitrogens with two attached hydrogens (primary N) is 1. The van der Waals surface area contributed by atoms with Gasteiger partial charge in [-0.3, -0.25) is 4.79 Å². The average Bonchev–Trinajstić information content (AvgIpc) is 2.18. The first kappa shape index (κ1) is 11.8. The third-order valence-corrected chi connectivity index (χ3v) is 2.05. The number of benzene rings is 1. The van der Waals surface area contributed by atoms with Crippen molar-refractivity contribution in [1.82, 2.24) is 5.32 Å². The zero-order valence-corrected chi connectivity index (χ0v) is 9.08. The van der Waals surface area contributed by atoms with Crippen molar-refractivity contribution in [2.24, 2.45) is 0 Å². The predicted octanol–water partition coefficient (Wildman–Crippen LogP) is 1.03. The first-order valence-electron chi connectivity index (χ1n) is 4.52. The number of aliphatic hydroxyl groups excluding tert-OH is 1. The molecule has 1 rings (SSSR count). The predicted molar refractivity (Wildman–Crippen MR) is 59.9 cm³/mol. The van der Waals surface area contributed by atoms with Crippen LogP contribution in [0.4, 0.5) is 5.69 Å². The number of rotatable bonds is 3. The first-order chi connectivity index (χ1) is 7.00. The number of carbonyl (C=O) groups is 1. The van der Waals surface area contributed by atoms with E-state index in [1.165, 1.54) is 6.07 Å². The number of carbonyl (C=O) groups excluding carboxylic acids is 1. The molecule has 1 atom stereocenters. The van der Waals surface area contributed by atoms with E-state index in [0.717, 1.165) is 0 Å². The standard InChI is InChI=1S/C10H13ClN2O2/c1-6(14)5-13-10(15)8-4-7(11)2-3-9(8)12/h2-4,6,14H,5,12H2,1H3,(H,13,15)/t6-/m0/s1. The molecule has 82 valence electrons. The summed E-state index contributed by atoms with van der Waals surface area (Å²) in [6.07, 6.45) is -0.589. The molecule has 5 heteroatoms. The van der Waals surface area contributed by atoms with Crippen LogP contribution in [0.3, 0.4) is 0 Å². The summed E-state index contributed by atoms with van der Waals surface area (Å²) in [5, 5.41) is 12.0. The normalized spacial score (nSPS) is 12.2. The average molecular weight is 229 g/mol. The Morgan fingerprint density at radius 3 is 2.93 bits per heavy atom. The number of hydrogen-bond acceptors (Lipinski definition) is 3. The molecule has 0 fully saturated rings. The van der Waals surface area contributed by atoms with Gasteiger partial charge in [-0.25, -0.2) is 0 Å². The SMILES string of the molecule is C[C@H](O)CNC(=O)c1cc(Cl)ccc1N. The van der Waals surface area contributed by atoms with E-state index in [1.54, 1.807) is 19.1 Å². The maximum Gasteiger partial charge on any atom is 0.253 e. The van der Waals surface area contributed by atoms with Crippen LogP contribution in [0.1, 0.15) is 17.3 Å². The molecule has 1 amide bonds. The molecule has 0 saturated heterocycles. The van der Waals surface area contributed by atoms with Crippen molar-refractivity contribution in [2.75, 3.05) is 12.3 Å². The monoisotopic (exact) mass is 228 g/mol. The van der Waals surface area contributed by atoms with E-state index in [0.29, 0.717) is 16.3 Å². The molecular weight excluding hydrogens is 216 g/mol. The van der Waals surface area contributed by atoms with Crippen LogP contribution >= 0.6 is 11.6 Å². The Hall–Kier alpha value is -1.26. The fourth-order valence-electron chi connectivity index (χ4n) is 1.06. The van der Waals surface area contributed by atoms with E-state index in [1.807, 2.05) is 0 Å². The number of anilines is 1. The fourth-order valence-corrected chi connectivity index (χ4v) is 1.23. The molecule has 1 aromatic rings. The highest BCUT2D eigenvalue weighted by Crippen LogP contribution is 2.17. The summed E-state index contributed by atoms with van der Waals surface area (Å²) < 4.78 is 0. The molecule has 0 heterocycles. The second-order valence-electron chi connectivity index (χ2n) is 3.29. The highest BCUT2D eigenvalue weighted by atomic mass is 35.5. The molecule has 15 heavy (non-hydrogen) atoms. The molecule has 0 aliphatic heterocycles. The minimum Gasteiger partial charge on any atom is -0.398 e. The van der Waals surface area contributed by atoms with E-state index < -0.39 is 6.10 Å². The van der Waals surface area contributed by atoms with Crippen molar-refractivity contribution in [2.45, 2.75) is 13.0 Å². The van der Waals surface area contributed by atoms with Crippen LogP contribution in [0.15, 0.2) is 18.2 Å². The van der Waals surface area contributed by atoms with E-state index in [2.05, 4.69) is 5.32 Å². The molecule has 0 unspecified atom stereocenters. The lowest BCUT2D eigenvalue weighted by Crippen LogP contribution is -2.31. The van der Waals surface area contributed by atoms with Gasteiger partial charge in [-0.05, 0) is 25.1 Å². The Balaban J connectivity index is 2.77. The van der Waals surface area contributed by atoms with Crippen molar-refractivity contribution in [1.29, 1.82) is 0 Å². The quantitative estimate of drug-likeness (QED) is 0.677. The summed E-state index contributed by atoms with van der Waals surface area (Å²) in [5.41, 5.74) is 6.30. The van der Waals surface area contributed by atoms with Gasteiger partial charge in [-0.1, -0.05) is 11.6 Å². The Morgan fingerprint density at radius 1 is 1.67 bits per heavy atom. The molecule has 0 aromatic heterocycles. The molecule has 0 aliphatic rings. The van der Waals surface area contributed by atoms with E-state index >= 15 is 0 Å². The Labute approximate surface area is 93.0 Å². The second-order valence-corrected chi connectivity index (χ2v) is 3.73. The molecule has 0 bridgehead atoms. The second kappa shape index (κ2) is 5.00. The maximum absolute atomic E-state index is 11.6. The largest absolute Gasteiger partial charge is 0.398 e. The molecule has 0 spiro atoms. The maximum atomic E-state index is 11.6. The first-order valence-corrected chi connectivity index (χ1v) is 4.90. The summed E-state index contributed by atoms with van der Waals surface area (Å²) in [5.74, 6) is -0.337. The van der Waals surface area contributed by atoms with Gasteiger partial charge in [0.2, 0.25) is 0 Å². The minimum atomic E-state index is -0.589. The van der Waals surface area contributed by atoms with E-state index in [-0.39, 0.29) is 12.5 Å². The molecule has 4 N–H and O–H groups in total. The number of amides is 1. The summed E-state index contributed by atoms with van der Waals surface area (Å²) in [6.45, 7) is 1.77. The Bertz CT molecular complexity index is 366. The van der Waals surface area contributed by atoms with Gasteiger partial charge in [0, 0.05) is 17.3 Å². The van der Waals surface area contributed by atoms with Gasteiger partial charge in [-0.15, -0.1) is 0 Å². The topological polar surface area (TPSA) is 75.3 Å². The van der Waals surface area contributed by atoms with Crippen molar-refractivity contribution in [3.63, 3.8) is 0 Å². The number of halogens is 1. The van der Waals surface area contributed by atoms with Crippen LogP contribution in [0.2, 0.25) is 5.02 Å². The highest BCUT2D eigenvalue weighted by Gasteiger charge is 2.10. The van der Waals surface area contributed by atoms with Crippen LogP contribution in [0.25, 0.3) is 0 Å². The molecule has 4 nitrogen and oxygen atoms in total. The van der Waals surface area contributed by atoms with Crippen molar-refractivity contribution >= 4 is 23.2 Å². The van der Waals surface area contributed by atoms with Crippen molar-refractivity contribution < 1.29 is 9.90 Å². The van der Waals surface area contributed by atoms with Gasteiger partial charge in [0.1, 0.15) is 0 Å². The molecular formula is C10H13ClN2O2. The molecule has 0 aliphatic carbocycles. The third kappa shape index (κ3) is 3.42. The Morgan fingerprint density at radius 2 is 2.33 bits per heavy atom. The van der Waals surface area contributed by atoms with Crippen LogP contribution in [0, 0.1) is 0 Å². The zero-order chi connectivity index (χ0) is 11.4. The fraction of sp³-hybridized carbons (Fsp3) is 0.300. The van der Waals surface area contributed by atoms with Gasteiger partial charge < -0.3 is 16.2 Å². The number of aliphatic hydroxyl groups is 1. The number of nitrogens with one attached hydrogen (secondary N) is 1. The molecule has 0 saturated carbocycles.